The lowest BCUT2D eigenvalue weighted by Crippen LogP contribution is -2.17. The van der Waals surface area contributed by atoms with Gasteiger partial charge in [0.15, 0.2) is 0 Å². The smallest absolute Gasteiger partial charge is 0.221 e. The summed E-state index contributed by atoms with van der Waals surface area (Å²) in [6.45, 7) is 1.50. The number of benzene rings is 1. The molecule has 3 aromatic heterocycles. The lowest BCUT2D eigenvalue weighted by molar-refractivity contribution is -0.114. The van der Waals surface area contributed by atoms with Gasteiger partial charge in [-0.2, -0.15) is 5.10 Å². The molecular formula is C22H18N4O2S2. The van der Waals surface area contributed by atoms with E-state index in [1.165, 1.54) is 11.8 Å². The van der Waals surface area contributed by atoms with Crippen LogP contribution < -0.4 is 10.3 Å². The third-order valence-corrected chi connectivity index (χ3v) is 6.53. The topological polar surface area (TPSA) is 70.7 Å². The maximum atomic E-state index is 11.2. The molecular weight excluding hydrogens is 416 g/mol. The van der Waals surface area contributed by atoms with Gasteiger partial charge in [-0.15, -0.1) is 22.7 Å². The summed E-state index contributed by atoms with van der Waals surface area (Å²) in [5, 5.41) is 14.6. The zero-order valence-electron chi connectivity index (χ0n) is 16.1. The molecule has 0 unspecified atom stereocenters. The number of hydrazone groups is 1. The van der Waals surface area contributed by atoms with Gasteiger partial charge < -0.3 is 9.73 Å². The molecule has 1 aliphatic rings. The molecule has 1 N–H and O–H groups in total. The molecule has 5 rings (SSSR count). The van der Waals surface area contributed by atoms with Crippen LogP contribution in [0.2, 0.25) is 0 Å². The minimum Gasteiger partial charge on any atom is -0.467 e. The Balaban J connectivity index is 1.45. The van der Waals surface area contributed by atoms with Gasteiger partial charge >= 0.3 is 0 Å². The van der Waals surface area contributed by atoms with Crippen LogP contribution in [0.5, 0.6) is 0 Å². The Hall–Kier alpha value is -3.23. The number of carbonyl (C=O) groups is 1. The van der Waals surface area contributed by atoms with Gasteiger partial charge in [-0.1, -0.05) is 18.2 Å². The third-order valence-electron chi connectivity index (χ3n) is 4.78. The number of thiazole rings is 1. The van der Waals surface area contributed by atoms with Crippen molar-refractivity contribution in [2.45, 2.75) is 19.4 Å². The molecule has 4 heterocycles. The molecule has 1 amide bonds. The van der Waals surface area contributed by atoms with Gasteiger partial charge in [0.2, 0.25) is 11.0 Å². The third kappa shape index (κ3) is 3.67. The minimum absolute atomic E-state index is 0.0155. The lowest BCUT2D eigenvalue weighted by Gasteiger charge is -2.18. The molecule has 4 aromatic rings. The van der Waals surface area contributed by atoms with Crippen LogP contribution in [0.1, 0.15) is 30.0 Å². The molecule has 0 spiro atoms. The summed E-state index contributed by atoms with van der Waals surface area (Å²) in [6, 6.07) is 15.7. The second-order valence-electron chi connectivity index (χ2n) is 6.88. The summed E-state index contributed by atoms with van der Waals surface area (Å²) >= 11 is 3.25. The highest BCUT2D eigenvalue weighted by molar-refractivity contribution is 7.14. The first-order valence-corrected chi connectivity index (χ1v) is 11.2. The highest BCUT2D eigenvalue weighted by atomic mass is 32.1. The number of hydrogen-bond donors (Lipinski definition) is 1. The van der Waals surface area contributed by atoms with E-state index in [0.717, 1.165) is 40.0 Å². The van der Waals surface area contributed by atoms with E-state index < -0.39 is 0 Å². The van der Waals surface area contributed by atoms with Crippen LogP contribution in [0.25, 0.3) is 11.3 Å². The van der Waals surface area contributed by atoms with Crippen molar-refractivity contribution in [2.75, 3.05) is 10.3 Å². The molecule has 6 nitrogen and oxygen atoms in total. The summed E-state index contributed by atoms with van der Waals surface area (Å²) in [7, 11) is 0. The number of nitrogens with zero attached hydrogens (tertiary/aromatic N) is 3. The number of hydrogen-bond acceptors (Lipinski definition) is 7. The molecule has 0 aliphatic carbocycles. The lowest BCUT2D eigenvalue weighted by atomic mass is 10.1. The van der Waals surface area contributed by atoms with Crippen molar-refractivity contribution in [3.8, 4) is 11.3 Å². The Kier molecular flexibility index (Phi) is 4.94. The summed E-state index contributed by atoms with van der Waals surface area (Å²) in [6.07, 6.45) is 2.47. The zero-order chi connectivity index (χ0) is 20.5. The van der Waals surface area contributed by atoms with E-state index in [1.807, 2.05) is 52.9 Å². The van der Waals surface area contributed by atoms with Gasteiger partial charge in [0.05, 0.1) is 22.5 Å². The van der Waals surface area contributed by atoms with Gasteiger partial charge in [0.1, 0.15) is 11.8 Å². The average molecular weight is 435 g/mol. The van der Waals surface area contributed by atoms with Crippen LogP contribution in [0, 0.1) is 0 Å². The Bertz CT molecular complexity index is 1180. The summed E-state index contributed by atoms with van der Waals surface area (Å²) < 4.78 is 5.70. The molecule has 8 heteroatoms. The molecule has 150 valence electrons. The first-order valence-electron chi connectivity index (χ1n) is 9.45. The fourth-order valence-electron chi connectivity index (χ4n) is 3.41. The number of aromatic nitrogens is 1. The van der Waals surface area contributed by atoms with Crippen molar-refractivity contribution in [1.82, 2.24) is 4.98 Å². The molecule has 0 bridgehead atoms. The molecule has 0 saturated carbocycles. The van der Waals surface area contributed by atoms with Crippen LogP contribution in [0.3, 0.4) is 0 Å². The van der Waals surface area contributed by atoms with Crippen LogP contribution in [0.4, 0.5) is 10.8 Å². The van der Waals surface area contributed by atoms with E-state index in [4.69, 9.17) is 14.5 Å². The molecule has 1 aliphatic heterocycles. The van der Waals surface area contributed by atoms with Gasteiger partial charge in [-0.25, -0.2) is 9.99 Å². The summed E-state index contributed by atoms with van der Waals surface area (Å²) in [5.74, 6) is 0.790. The van der Waals surface area contributed by atoms with Crippen LogP contribution in [-0.2, 0) is 4.79 Å². The molecule has 0 radical (unpaired) electrons. The van der Waals surface area contributed by atoms with Crippen molar-refractivity contribution in [1.29, 1.82) is 0 Å². The summed E-state index contributed by atoms with van der Waals surface area (Å²) in [5.41, 5.74) is 3.68. The fourth-order valence-corrected chi connectivity index (χ4v) is 4.96. The number of furan rings is 1. The highest BCUT2D eigenvalue weighted by Gasteiger charge is 2.33. The predicted octanol–water partition coefficient (Wildman–Crippen LogP) is 5.78. The molecule has 30 heavy (non-hydrogen) atoms. The molecule has 0 fully saturated rings. The van der Waals surface area contributed by atoms with Gasteiger partial charge in [-0.05, 0) is 35.7 Å². The summed E-state index contributed by atoms with van der Waals surface area (Å²) in [4.78, 5) is 17.2. The van der Waals surface area contributed by atoms with Crippen LogP contribution >= 0.6 is 22.7 Å². The van der Waals surface area contributed by atoms with Gasteiger partial charge in [0, 0.05) is 30.0 Å². The molecule has 1 aromatic carbocycles. The van der Waals surface area contributed by atoms with Crippen LogP contribution in [-0.4, -0.2) is 16.6 Å². The Morgan fingerprint density at radius 3 is 2.73 bits per heavy atom. The second kappa shape index (κ2) is 7.89. The van der Waals surface area contributed by atoms with Crippen molar-refractivity contribution >= 4 is 45.1 Å². The predicted molar refractivity (Wildman–Crippen MR) is 121 cm³/mol. The van der Waals surface area contributed by atoms with Crippen molar-refractivity contribution in [2.24, 2.45) is 5.10 Å². The van der Waals surface area contributed by atoms with E-state index in [0.29, 0.717) is 0 Å². The normalized spacial score (nSPS) is 16.0. The molecule has 0 saturated heterocycles. The second-order valence-corrected chi connectivity index (χ2v) is 8.66. The Labute approximate surface area is 181 Å². The van der Waals surface area contributed by atoms with Crippen molar-refractivity contribution < 1.29 is 9.21 Å². The first kappa shape index (κ1) is 18.8. The number of amides is 1. The highest BCUT2D eigenvalue weighted by Crippen LogP contribution is 2.40. The van der Waals surface area contributed by atoms with E-state index in [2.05, 4.69) is 16.8 Å². The maximum Gasteiger partial charge on any atom is 0.221 e. The first-order chi connectivity index (χ1) is 14.7. The van der Waals surface area contributed by atoms with E-state index >= 15 is 0 Å². The van der Waals surface area contributed by atoms with Gasteiger partial charge in [-0.3, -0.25) is 4.79 Å². The van der Waals surface area contributed by atoms with E-state index in [9.17, 15) is 4.79 Å². The van der Waals surface area contributed by atoms with Crippen molar-refractivity contribution in [3.63, 3.8) is 0 Å². The standard InChI is InChI=1S/C22H18N4O2S2/c1-14(27)23-16-8-6-15(7-9-16)18-13-30-22(24-18)26-19(20-4-2-10-28-20)12-17(25-26)21-5-3-11-29-21/h2-11,13,19H,12H2,1H3,(H,23,27)/t19-/m1/s1. The van der Waals surface area contributed by atoms with E-state index in [-0.39, 0.29) is 11.9 Å². The van der Waals surface area contributed by atoms with E-state index in [1.54, 1.807) is 28.9 Å². The maximum absolute atomic E-state index is 11.2. The number of carbonyl (C=O) groups excluding carboxylic acids is 1. The average Bonchev–Trinajstić information content (AvgIpc) is 3.55. The number of rotatable bonds is 5. The number of anilines is 2. The number of thiophene rings is 1. The molecule has 1 atom stereocenters. The Morgan fingerprint density at radius 1 is 1.17 bits per heavy atom. The zero-order valence-corrected chi connectivity index (χ0v) is 17.7. The Morgan fingerprint density at radius 2 is 2.03 bits per heavy atom. The quantitative estimate of drug-likeness (QED) is 0.432. The number of nitrogens with one attached hydrogen (secondary N) is 1. The monoisotopic (exact) mass is 434 g/mol. The van der Waals surface area contributed by atoms with Crippen molar-refractivity contribution in [3.05, 3.63) is 76.2 Å². The fraction of sp³-hybridized carbons (Fsp3) is 0.136. The van der Waals surface area contributed by atoms with Crippen LogP contribution in [0.15, 0.2) is 75.1 Å². The largest absolute Gasteiger partial charge is 0.467 e. The SMILES string of the molecule is CC(=O)Nc1ccc(-c2csc(N3N=C(c4cccs4)C[C@@H]3c3ccco3)n2)cc1. The van der Waals surface area contributed by atoms with Gasteiger partial charge in [0.25, 0.3) is 0 Å². The minimum atomic E-state index is -0.0869.